The summed E-state index contributed by atoms with van der Waals surface area (Å²) in [5, 5.41) is 0. The number of alkyl halides is 4. The van der Waals surface area contributed by atoms with Gasteiger partial charge in [-0.25, -0.2) is 0 Å². The van der Waals surface area contributed by atoms with Crippen LogP contribution >= 0.6 is 22.9 Å². The Hall–Kier alpha value is -0.220. The molecule has 0 saturated carbocycles. The van der Waals surface area contributed by atoms with E-state index in [1.807, 2.05) is 13.8 Å². The molecule has 0 unspecified atom stereocenters. The molecule has 0 nitrogen and oxygen atoms in total. The molecule has 1 heterocycles. The van der Waals surface area contributed by atoms with Crippen molar-refractivity contribution in [1.29, 1.82) is 0 Å². The van der Waals surface area contributed by atoms with Crippen LogP contribution in [0.3, 0.4) is 0 Å². The maximum absolute atomic E-state index is 12.6. The lowest BCUT2D eigenvalue weighted by Crippen LogP contribution is -2.06. The number of halogens is 4. The van der Waals surface area contributed by atoms with Crippen LogP contribution < -0.4 is 0 Å². The van der Waals surface area contributed by atoms with Gasteiger partial charge in [-0.3, -0.25) is 0 Å². The van der Waals surface area contributed by atoms with Crippen molar-refractivity contribution in [3.05, 3.63) is 21.4 Å². The number of hydrogen-bond donors (Lipinski definition) is 0. The highest BCUT2D eigenvalue weighted by atomic mass is 35.5. The highest BCUT2D eigenvalue weighted by Crippen LogP contribution is 2.39. The lowest BCUT2D eigenvalue weighted by atomic mass is 10.0. The molecule has 0 amide bonds. The number of rotatable bonds is 3. The molecule has 15 heavy (non-hydrogen) atoms. The zero-order valence-corrected chi connectivity index (χ0v) is 10.1. The fourth-order valence-electron chi connectivity index (χ4n) is 1.38. The molecule has 86 valence electrons. The van der Waals surface area contributed by atoms with E-state index in [-0.39, 0.29) is 11.8 Å². The highest BCUT2D eigenvalue weighted by Gasteiger charge is 2.35. The Morgan fingerprint density at radius 2 is 2.00 bits per heavy atom. The van der Waals surface area contributed by atoms with Crippen molar-refractivity contribution < 1.29 is 13.2 Å². The third-order valence-corrected chi connectivity index (χ3v) is 3.55. The molecule has 0 aliphatic carbocycles. The van der Waals surface area contributed by atoms with Gasteiger partial charge in [0.15, 0.2) is 0 Å². The molecular weight excluding hydrogens is 245 g/mol. The van der Waals surface area contributed by atoms with E-state index in [2.05, 4.69) is 0 Å². The molecule has 0 saturated heterocycles. The van der Waals surface area contributed by atoms with E-state index in [1.54, 1.807) is 6.07 Å². The van der Waals surface area contributed by atoms with Crippen LogP contribution in [0.15, 0.2) is 6.07 Å². The largest absolute Gasteiger partial charge is 0.425 e. The molecule has 0 aliphatic rings. The Kier molecular flexibility index (Phi) is 4.06. The van der Waals surface area contributed by atoms with E-state index in [9.17, 15) is 13.2 Å². The molecule has 0 radical (unpaired) electrons. The second-order valence-corrected chi connectivity index (χ2v) is 5.20. The molecule has 1 aromatic rings. The predicted molar refractivity (Wildman–Crippen MR) is 57.4 cm³/mol. The molecule has 5 heteroatoms. The lowest BCUT2D eigenvalue weighted by Gasteiger charge is -2.08. The Morgan fingerprint density at radius 3 is 2.40 bits per heavy atom. The Balaban J connectivity index is 3.06. The van der Waals surface area contributed by atoms with Crippen LogP contribution in [0.25, 0.3) is 0 Å². The molecule has 0 atom stereocenters. The average molecular weight is 257 g/mol. The predicted octanol–water partition coefficient (Wildman–Crippen LogP) is 4.70. The first-order valence-electron chi connectivity index (χ1n) is 4.59. The number of hydrogen-bond acceptors (Lipinski definition) is 1. The summed E-state index contributed by atoms with van der Waals surface area (Å²) in [6.45, 7) is 3.80. The zero-order chi connectivity index (χ0) is 11.6. The first-order valence-corrected chi connectivity index (χ1v) is 5.94. The molecule has 0 aliphatic heterocycles. The second-order valence-electron chi connectivity index (χ2n) is 3.80. The minimum absolute atomic E-state index is 0.145. The maximum Gasteiger partial charge on any atom is 0.425 e. The van der Waals surface area contributed by atoms with Crippen LogP contribution in [0.4, 0.5) is 13.2 Å². The summed E-state index contributed by atoms with van der Waals surface area (Å²) in [4.78, 5) is 0.0893. The fourth-order valence-corrected chi connectivity index (χ4v) is 2.53. The minimum Gasteiger partial charge on any atom is -0.165 e. The van der Waals surface area contributed by atoms with Crippen LogP contribution in [0.1, 0.15) is 29.2 Å². The molecule has 1 rings (SSSR count). The molecule has 0 aromatic carbocycles. The fraction of sp³-hybridized carbons (Fsp3) is 0.600. The molecule has 1 aromatic heterocycles. The van der Waals surface area contributed by atoms with E-state index >= 15 is 0 Å². The van der Waals surface area contributed by atoms with Crippen LogP contribution in [-0.2, 0) is 18.5 Å². The smallest absolute Gasteiger partial charge is 0.165 e. The molecule has 0 fully saturated rings. The monoisotopic (exact) mass is 256 g/mol. The average Bonchev–Trinajstić information content (AvgIpc) is 2.45. The summed E-state index contributed by atoms with van der Waals surface area (Å²) in [7, 11) is 0. The first kappa shape index (κ1) is 12.8. The van der Waals surface area contributed by atoms with Gasteiger partial charge in [0, 0.05) is 4.88 Å². The summed E-state index contributed by atoms with van der Waals surface area (Å²) >= 11 is 6.29. The van der Waals surface area contributed by atoms with Gasteiger partial charge in [-0.2, -0.15) is 13.2 Å². The first-order chi connectivity index (χ1) is 6.84. The van der Waals surface area contributed by atoms with E-state index in [0.717, 1.165) is 11.3 Å². The summed E-state index contributed by atoms with van der Waals surface area (Å²) in [5.74, 6) is 0.357. The van der Waals surface area contributed by atoms with Crippen molar-refractivity contribution in [1.82, 2.24) is 0 Å². The quantitative estimate of drug-likeness (QED) is 0.688. The van der Waals surface area contributed by atoms with Gasteiger partial charge in [-0.1, -0.05) is 13.8 Å². The van der Waals surface area contributed by atoms with Crippen molar-refractivity contribution in [2.45, 2.75) is 32.3 Å². The van der Waals surface area contributed by atoms with Gasteiger partial charge in [-0.05, 0) is 24.0 Å². The summed E-state index contributed by atoms with van der Waals surface area (Å²) in [5.41, 5.74) is 0.373. The Bertz CT molecular complexity index is 328. The maximum atomic E-state index is 12.6. The zero-order valence-electron chi connectivity index (χ0n) is 8.49. The van der Waals surface area contributed by atoms with E-state index in [0.29, 0.717) is 16.9 Å². The van der Waals surface area contributed by atoms with Crippen molar-refractivity contribution in [2.24, 2.45) is 5.92 Å². The molecule has 0 bridgehead atoms. The topological polar surface area (TPSA) is 0 Å². The normalized spacial score (nSPS) is 12.5. The van der Waals surface area contributed by atoms with Crippen molar-refractivity contribution >= 4 is 22.9 Å². The van der Waals surface area contributed by atoms with Crippen molar-refractivity contribution in [2.75, 3.05) is 0 Å². The molecule has 0 N–H and O–H groups in total. The Labute approximate surface area is 96.1 Å². The van der Waals surface area contributed by atoms with E-state index in [4.69, 9.17) is 11.6 Å². The Morgan fingerprint density at radius 1 is 1.40 bits per heavy atom. The summed E-state index contributed by atoms with van der Waals surface area (Å²) in [6, 6.07) is 1.57. The standard InChI is InChI=1S/C10H12ClF3S/c1-6(2)3-7-4-8(5-11)15-9(7)10(12,13)14/h4,6H,3,5H2,1-2H3. The second kappa shape index (κ2) is 4.74. The van der Waals surface area contributed by atoms with Gasteiger partial charge < -0.3 is 0 Å². The van der Waals surface area contributed by atoms with Gasteiger partial charge in [-0.15, -0.1) is 22.9 Å². The van der Waals surface area contributed by atoms with Gasteiger partial charge >= 0.3 is 6.18 Å². The summed E-state index contributed by atoms with van der Waals surface area (Å²) in [6.07, 6.45) is -3.80. The summed E-state index contributed by atoms with van der Waals surface area (Å²) < 4.78 is 37.8. The van der Waals surface area contributed by atoms with Gasteiger partial charge in [0.25, 0.3) is 0 Å². The van der Waals surface area contributed by atoms with Gasteiger partial charge in [0.2, 0.25) is 0 Å². The van der Waals surface area contributed by atoms with Gasteiger partial charge in [0.1, 0.15) is 4.88 Å². The molecular formula is C10H12ClF3S. The highest BCUT2D eigenvalue weighted by molar-refractivity contribution is 7.12. The van der Waals surface area contributed by atoms with Crippen LogP contribution in [-0.4, -0.2) is 0 Å². The van der Waals surface area contributed by atoms with Crippen molar-refractivity contribution in [3.63, 3.8) is 0 Å². The van der Waals surface area contributed by atoms with E-state index < -0.39 is 11.1 Å². The van der Waals surface area contributed by atoms with Crippen LogP contribution in [0.2, 0.25) is 0 Å². The minimum atomic E-state index is -4.25. The third-order valence-electron chi connectivity index (χ3n) is 1.88. The van der Waals surface area contributed by atoms with Crippen LogP contribution in [0, 0.1) is 5.92 Å². The third kappa shape index (κ3) is 3.38. The number of thiophene rings is 1. The SMILES string of the molecule is CC(C)Cc1cc(CCl)sc1C(F)(F)F. The lowest BCUT2D eigenvalue weighted by molar-refractivity contribution is -0.134. The van der Waals surface area contributed by atoms with E-state index in [1.165, 1.54) is 0 Å². The molecule has 0 spiro atoms. The van der Waals surface area contributed by atoms with Crippen molar-refractivity contribution in [3.8, 4) is 0 Å². The van der Waals surface area contributed by atoms with Gasteiger partial charge in [0.05, 0.1) is 5.88 Å². The van der Waals surface area contributed by atoms with Crippen LogP contribution in [0.5, 0.6) is 0 Å².